The van der Waals surface area contributed by atoms with Crippen molar-refractivity contribution in [2.45, 2.75) is 6.42 Å². The lowest BCUT2D eigenvalue weighted by atomic mass is 10.1. The second-order valence-electron chi connectivity index (χ2n) is 5.83. The Morgan fingerprint density at radius 2 is 2.17 bits per heavy atom. The first kappa shape index (κ1) is 14.4. The Bertz CT molecular complexity index is 922. The minimum absolute atomic E-state index is 0.208. The van der Waals surface area contributed by atoms with Crippen LogP contribution in [0, 0.1) is 5.92 Å². The summed E-state index contributed by atoms with van der Waals surface area (Å²) in [6.45, 7) is 1.19. The summed E-state index contributed by atoms with van der Waals surface area (Å²) in [7, 11) is 0. The number of carboxylic acid groups (broad SMARTS) is 1. The number of aromatic amines is 1. The fourth-order valence-corrected chi connectivity index (χ4v) is 3.21. The molecular formula is C16H16N6O2. The number of aliphatic carboxylic acids is 1. The van der Waals surface area contributed by atoms with Crippen molar-refractivity contribution in [3.05, 3.63) is 30.7 Å². The van der Waals surface area contributed by atoms with Crippen molar-refractivity contribution in [2.24, 2.45) is 5.92 Å². The van der Waals surface area contributed by atoms with E-state index in [4.69, 9.17) is 5.73 Å². The number of carbonyl (C=O) groups is 1. The van der Waals surface area contributed by atoms with Crippen molar-refractivity contribution in [3.63, 3.8) is 0 Å². The summed E-state index contributed by atoms with van der Waals surface area (Å²) in [6.07, 6.45) is 5.82. The van der Waals surface area contributed by atoms with Gasteiger partial charge in [0, 0.05) is 37.2 Å². The van der Waals surface area contributed by atoms with Crippen LogP contribution in [0.3, 0.4) is 0 Å². The van der Waals surface area contributed by atoms with Crippen LogP contribution in [0.5, 0.6) is 0 Å². The van der Waals surface area contributed by atoms with Crippen LogP contribution in [0.15, 0.2) is 30.7 Å². The van der Waals surface area contributed by atoms with Gasteiger partial charge >= 0.3 is 5.97 Å². The quantitative estimate of drug-likeness (QED) is 0.667. The van der Waals surface area contributed by atoms with Crippen molar-refractivity contribution in [1.82, 2.24) is 19.9 Å². The van der Waals surface area contributed by atoms with Gasteiger partial charge in [0.25, 0.3) is 0 Å². The molecule has 0 aliphatic carbocycles. The lowest BCUT2D eigenvalue weighted by Crippen LogP contribution is -2.22. The van der Waals surface area contributed by atoms with Crippen LogP contribution in [0.2, 0.25) is 0 Å². The maximum atomic E-state index is 11.2. The smallest absolute Gasteiger partial charge is 0.308 e. The van der Waals surface area contributed by atoms with Crippen LogP contribution < -0.4 is 10.6 Å². The second kappa shape index (κ2) is 5.48. The molecule has 0 amide bonds. The van der Waals surface area contributed by atoms with Gasteiger partial charge in [-0.3, -0.25) is 4.79 Å². The molecule has 1 fully saturated rings. The number of hydrogen-bond donors (Lipinski definition) is 3. The zero-order valence-electron chi connectivity index (χ0n) is 12.8. The molecule has 3 aromatic heterocycles. The third kappa shape index (κ3) is 2.32. The zero-order valence-corrected chi connectivity index (χ0v) is 12.8. The summed E-state index contributed by atoms with van der Waals surface area (Å²) in [5.74, 6) is -0.884. The van der Waals surface area contributed by atoms with Crippen LogP contribution in [0.1, 0.15) is 6.42 Å². The lowest BCUT2D eigenvalue weighted by Gasteiger charge is -2.19. The number of fused-ring (bicyclic) bond motifs is 1. The number of carboxylic acids is 1. The summed E-state index contributed by atoms with van der Waals surface area (Å²) < 4.78 is 0. The molecule has 0 radical (unpaired) electrons. The Balaban J connectivity index is 1.82. The molecule has 4 heterocycles. The molecule has 24 heavy (non-hydrogen) atoms. The molecule has 4 N–H and O–H groups in total. The topological polar surface area (TPSA) is 121 Å². The Morgan fingerprint density at radius 3 is 2.92 bits per heavy atom. The normalized spacial score (nSPS) is 17.5. The summed E-state index contributed by atoms with van der Waals surface area (Å²) in [5.41, 5.74) is 8.97. The largest absolute Gasteiger partial charge is 0.481 e. The van der Waals surface area contributed by atoms with E-state index in [1.165, 1.54) is 0 Å². The standard InChI is InChI=1S/C16H16N6O2/c17-16-19-4-1-11(21-16)10-7-20-14-13(10)12(2-5-18-14)22-6-3-9(8-22)15(23)24/h1-2,4-5,7,9H,3,6,8H2,(H,18,20)(H,23,24)(H2,17,19,21). The third-order valence-electron chi connectivity index (χ3n) is 4.38. The van der Waals surface area contributed by atoms with Crippen molar-refractivity contribution in [2.75, 3.05) is 23.7 Å². The first-order valence-electron chi connectivity index (χ1n) is 7.66. The third-order valence-corrected chi connectivity index (χ3v) is 4.38. The Morgan fingerprint density at radius 1 is 1.33 bits per heavy atom. The van der Waals surface area contributed by atoms with Crippen LogP contribution in [0.25, 0.3) is 22.3 Å². The number of nitrogens with zero attached hydrogens (tertiary/aromatic N) is 4. The van der Waals surface area contributed by atoms with E-state index in [1.54, 1.807) is 18.5 Å². The molecule has 1 saturated heterocycles. The number of rotatable bonds is 3. The number of nitrogens with two attached hydrogens (primary N) is 1. The van der Waals surface area contributed by atoms with Gasteiger partial charge in [0.2, 0.25) is 5.95 Å². The highest BCUT2D eigenvalue weighted by Crippen LogP contribution is 2.36. The molecule has 0 saturated carbocycles. The van der Waals surface area contributed by atoms with E-state index in [0.29, 0.717) is 25.2 Å². The van der Waals surface area contributed by atoms with Crippen molar-refractivity contribution >= 4 is 28.6 Å². The molecule has 1 atom stereocenters. The first-order valence-corrected chi connectivity index (χ1v) is 7.66. The minimum Gasteiger partial charge on any atom is -0.481 e. The molecule has 8 heteroatoms. The number of H-pyrrole nitrogens is 1. The van der Waals surface area contributed by atoms with Gasteiger partial charge in [-0.2, -0.15) is 0 Å². The van der Waals surface area contributed by atoms with Gasteiger partial charge in [0.1, 0.15) is 5.65 Å². The minimum atomic E-state index is -0.749. The molecule has 8 nitrogen and oxygen atoms in total. The van der Waals surface area contributed by atoms with Crippen molar-refractivity contribution in [1.29, 1.82) is 0 Å². The van der Waals surface area contributed by atoms with E-state index in [1.807, 2.05) is 12.3 Å². The molecule has 0 bridgehead atoms. The van der Waals surface area contributed by atoms with Gasteiger partial charge in [0.05, 0.1) is 22.7 Å². The molecule has 4 rings (SSSR count). The maximum absolute atomic E-state index is 11.2. The maximum Gasteiger partial charge on any atom is 0.308 e. The lowest BCUT2D eigenvalue weighted by molar-refractivity contribution is -0.140. The fraction of sp³-hybridized carbons (Fsp3) is 0.250. The van der Waals surface area contributed by atoms with E-state index in [9.17, 15) is 9.90 Å². The van der Waals surface area contributed by atoms with E-state index >= 15 is 0 Å². The highest BCUT2D eigenvalue weighted by Gasteiger charge is 2.29. The highest BCUT2D eigenvalue weighted by atomic mass is 16.4. The predicted octanol–water partition coefficient (Wildman–Crippen LogP) is 1.51. The Kier molecular flexibility index (Phi) is 3.30. The van der Waals surface area contributed by atoms with Gasteiger partial charge in [-0.1, -0.05) is 0 Å². The van der Waals surface area contributed by atoms with E-state index in [2.05, 4.69) is 24.8 Å². The molecule has 1 aliphatic heterocycles. The Labute approximate surface area is 137 Å². The van der Waals surface area contributed by atoms with Crippen molar-refractivity contribution < 1.29 is 9.90 Å². The van der Waals surface area contributed by atoms with Gasteiger partial charge in [-0.15, -0.1) is 0 Å². The number of nitrogens with one attached hydrogen (secondary N) is 1. The van der Waals surface area contributed by atoms with E-state index in [-0.39, 0.29) is 11.9 Å². The summed E-state index contributed by atoms with van der Waals surface area (Å²) in [4.78, 5) is 29.0. The van der Waals surface area contributed by atoms with Crippen molar-refractivity contribution in [3.8, 4) is 11.3 Å². The number of nitrogen functional groups attached to an aromatic ring is 1. The summed E-state index contributed by atoms with van der Waals surface area (Å²) >= 11 is 0. The molecule has 3 aromatic rings. The van der Waals surface area contributed by atoms with Crippen LogP contribution in [-0.2, 0) is 4.79 Å². The van der Waals surface area contributed by atoms with E-state index < -0.39 is 5.97 Å². The molecule has 122 valence electrons. The number of anilines is 2. The average molecular weight is 324 g/mol. The highest BCUT2D eigenvalue weighted by molar-refractivity contribution is 6.02. The molecular weight excluding hydrogens is 308 g/mol. The summed E-state index contributed by atoms with van der Waals surface area (Å²) in [5, 5.41) is 10.2. The van der Waals surface area contributed by atoms with Gasteiger partial charge < -0.3 is 20.7 Å². The monoisotopic (exact) mass is 324 g/mol. The SMILES string of the molecule is Nc1nccc(-c2c[nH]c3nccc(N4CCC(C(=O)O)C4)c23)n1. The Hall–Kier alpha value is -3.16. The summed E-state index contributed by atoms with van der Waals surface area (Å²) in [6, 6.07) is 3.70. The number of pyridine rings is 1. The van der Waals surface area contributed by atoms with E-state index in [0.717, 1.165) is 22.3 Å². The van der Waals surface area contributed by atoms with Crippen LogP contribution in [0.4, 0.5) is 11.6 Å². The van der Waals surface area contributed by atoms with Crippen LogP contribution >= 0.6 is 0 Å². The molecule has 1 aliphatic rings. The second-order valence-corrected chi connectivity index (χ2v) is 5.83. The number of hydrogen-bond acceptors (Lipinski definition) is 6. The number of aromatic nitrogens is 4. The molecule has 0 aromatic carbocycles. The zero-order chi connectivity index (χ0) is 16.7. The predicted molar refractivity (Wildman–Crippen MR) is 89.5 cm³/mol. The molecule has 0 spiro atoms. The molecule has 1 unspecified atom stereocenters. The van der Waals surface area contributed by atoms with Gasteiger partial charge in [0.15, 0.2) is 0 Å². The van der Waals surface area contributed by atoms with Gasteiger partial charge in [-0.25, -0.2) is 15.0 Å². The van der Waals surface area contributed by atoms with Gasteiger partial charge in [-0.05, 0) is 18.6 Å². The average Bonchev–Trinajstić information content (AvgIpc) is 3.22. The fourth-order valence-electron chi connectivity index (χ4n) is 3.21. The van der Waals surface area contributed by atoms with Crippen LogP contribution in [-0.4, -0.2) is 44.1 Å². The first-order chi connectivity index (χ1) is 11.6.